The van der Waals surface area contributed by atoms with E-state index >= 15 is 17.6 Å². The Morgan fingerprint density at radius 3 is 1.15 bits per heavy atom. The summed E-state index contributed by atoms with van der Waals surface area (Å²) < 4.78 is 63.0. The lowest BCUT2D eigenvalue weighted by molar-refractivity contribution is 0.445. The van der Waals surface area contributed by atoms with Crippen LogP contribution >= 0.6 is 0 Å². The highest BCUT2D eigenvalue weighted by Gasteiger charge is 2.29. The highest BCUT2D eigenvalue weighted by molar-refractivity contribution is 5.89. The zero-order valence-corrected chi connectivity index (χ0v) is 27.9. The average molecular weight is 633 g/mol. The third-order valence-corrected chi connectivity index (χ3v) is 8.49. The molecule has 0 radical (unpaired) electrons. The molecule has 0 spiro atoms. The fourth-order valence-corrected chi connectivity index (χ4v) is 5.53. The topological polar surface area (TPSA) is 65.2 Å². The molecule has 0 aliphatic heterocycles. The van der Waals surface area contributed by atoms with Crippen LogP contribution in [0.3, 0.4) is 0 Å². The molecule has 0 saturated carbocycles. The van der Waals surface area contributed by atoms with Crippen molar-refractivity contribution >= 4 is 23.8 Å². The van der Waals surface area contributed by atoms with Crippen molar-refractivity contribution in [2.75, 3.05) is 0 Å². The first-order valence-corrected chi connectivity index (χ1v) is 15.0. The number of phenolic OH excluding ortho intramolecular Hbond substituents is 2. The second-order valence-corrected chi connectivity index (χ2v) is 13.7. The molecule has 4 nitrogen and oxygen atoms in total. The molecule has 0 amide bonds. The van der Waals surface area contributed by atoms with Crippen LogP contribution in [0.4, 0.5) is 28.9 Å². The van der Waals surface area contributed by atoms with Crippen LogP contribution in [-0.4, -0.2) is 22.6 Å². The summed E-state index contributed by atoms with van der Waals surface area (Å²) in [5.74, 6) is -5.43. The number of benzene rings is 4. The maximum Gasteiger partial charge on any atom is 0.185 e. The Bertz CT molecular complexity index is 1720. The smallest absolute Gasteiger partial charge is 0.185 e. The van der Waals surface area contributed by atoms with Gasteiger partial charge in [-0.15, -0.1) is 0 Å². The van der Waals surface area contributed by atoms with Crippen molar-refractivity contribution in [2.24, 2.45) is 9.98 Å². The normalized spacial score (nSPS) is 12.6. The van der Waals surface area contributed by atoms with Crippen molar-refractivity contribution in [2.45, 2.75) is 80.1 Å². The fraction of sp³-hybridized carbons (Fsp3) is 0.316. The molecular formula is C38H40F4N2O2. The number of aliphatic imine (C=N–C) groups is 2. The number of para-hydroxylation sites is 2. The molecule has 0 unspecified atom stereocenters. The van der Waals surface area contributed by atoms with E-state index in [-0.39, 0.29) is 56.0 Å². The summed E-state index contributed by atoms with van der Waals surface area (Å²) in [6.07, 6.45) is 2.51. The Morgan fingerprint density at radius 1 is 0.522 bits per heavy atom. The van der Waals surface area contributed by atoms with Gasteiger partial charge in [-0.3, -0.25) is 9.98 Å². The summed E-state index contributed by atoms with van der Waals surface area (Å²) in [4.78, 5) is 8.37. The zero-order chi connectivity index (χ0) is 34.5. The van der Waals surface area contributed by atoms with E-state index in [9.17, 15) is 10.2 Å². The lowest BCUT2D eigenvalue weighted by Gasteiger charge is -2.21. The van der Waals surface area contributed by atoms with E-state index in [0.717, 1.165) is 0 Å². The third-order valence-electron chi connectivity index (χ3n) is 8.49. The van der Waals surface area contributed by atoms with Crippen LogP contribution in [0.1, 0.15) is 86.1 Å². The molecule has 2 N–H and O–H groups in total. The zero-order valence-electron chi connectivity index (χ0n) is 27.9. The molecule has 4 aromatic rings. The maximum absolute atomic E-state index is 15.8. The summed E-state index contributed by atoms with van der Waals surface area (Å²) in [5, 5.41) is 21.6. The van der Waals surface area contributed by atoms with Gasteiger partial charge in [-0.25, -0.2) is 17.6 Å². The van der Waals surface area contributed by atoms with E-state index in [1.165, 1.54) is 40.1 Å². The molecule has 0 heterocycles. The molecule has 0 aliphatic carbocycles. The molecule has 4 rings (SSSR count). The van der Waals surface area contributed by atoms with Gasteiger partial charge in [-0.1, -0.05) is 65.8 Å². The van der Waals surface area contributed by atoms with E-state index in [1.54, 1.807) is 36.4 Å². The molecule has 4 aromatic carbocycles. The van der Waals surface area contributed by atoms with Gasteiger partial charge in [0.25, 0.3) is 0 Å². The van der Waals surface area contributed by atoms with E-state index in [4.69, 9.17) is 0 Å². The van der Waals surface area contributed by atoms with E-state index in [0.29, 0.717) is 22.3 Å². The van der Waals surface area contributed by atoms with Gasteiger partial charge in [0, 0.05) is 34.7 Å². The van der Waals surface area contributed by atoms with E-state index in [1.807, 2.05) is 41.5 Å². The predicted molar refractivity (Wildman–Crippen MR) is 179 cm³/mol. The van der Waals surface area contributed by atoms with Gasteiger partial charge in [-0.2, -0.15) is 0 Å². The minimum absolute atomic E-state index is 0.0193. The minimum atomic E-state index is -1.37. The Labute approximate surface area is 268 Å². The van der Waals surface area contributed by atoms with Crippen molar-refractivity contribution in [3.63, 3.8) is 0 Å². The van der Waals surface area contributed by atoms with E-state index in [2.05, 4.69) is 9.98 Å². The lowest BCUT2D eigenvalue weighted by atomic mass is 9.85. The van der Waals surface area contributed by atoms with Crippen LogP contribution in [0, 0.1) is 51.0 Å². The number of hydrogen-bond acceptors (Lipinski definition) is 4. The largest absolute Gasteiger partial charge is 0.507 e. The first-order valence-electron chi connectivity index (χ1n) is 15.0. The average Bonchev–Trinajstić information content (AvgIpc) is 2.97. The highest BCUT2D eigenvalue weighted by atomic mass is 19.2. The lowest BCUT2D eigenvalue weighted by Crippen LogP contribution is -2.11. The van der Waals surface area contributed by atoms with Crippen molar-refractivity contribution < 1.29 is 27.8 Å². The van der Waals surface area contributed by atoms with Crippen molar-refractivity contribution in [3.8, 4) is 22.6 Å². The molecule has 0 saturated heterocycles. The third kappa shape index (κ3) is 6.17. The molecule has 0 aliphatic rings. The highest BCUT2D eigenvalue weighted by Crippen LogP contribution is 2.43. The number of hydrogen-bond donors (Lipinski definition) is 2. The van der Waals surface area contributed by atoms with Gasteiger partial charge >= 0.3 is 0 Å². The van der Waals surface area contributed by atoms with Crippen molar-refractivity contribution in [3.05, 3.63) is 104 Å². The summed E-state index contributed by atoms with van der Waals surface area (Å²) in [7, 11) is 0. The first-order chi connectivity index (χ1) is 21.3. The Kier molecular flexibility index (Phi) is 9.26. The Morgan fingerprint density at radius 2 is 0.848 bits per heavy atom. The summed E-state index contributed by atoms with van der Waals surface area (Å²) in [6, 6.07) is 10.2. The minimum Gasteiger partial charge on any atom is -0.507 e. The number of nitrogens with zero attached hydrogens (tertiary/aromatic N) is 2. The van der Waals surface area contributed by atoms with Crippen LogP contribution in [0.5, 0.6) is 11.5 Å². The van der Waals surface area contributed by atoms with Crippen LogP contribution in [0.2, 0.25) is 0 Å². The molecule has 242 valence electrons. The van der Waals surface area contributed by atoms with Gasteiger partial charge < -0.3 is 10.2 Å². The molecule has 0 atom stereocenters. The molecule has 46 heavy (non-hydrogen) atoms. The molecule has 8 heteroatoms. The standard InChI is InChI=1S/C38H40F4N2O2/c1-19-21(3)33(43-17-23-13-11-15-25(35(23)45)37(5,6)7)31(41)29(39)27(19)28-20(2)22(4)34(32(42)30(28)40)44-18-24-14-12-16-26(36(24)46)38(8,9)10/h11-18,45-46H,1-10H3. The van der Waals surface area contributed by atoms with Crippen molar-refractivity contribution in [1.29, 1.82) is 0 Å². The summed E-state index contributed by atoms with van der Waals surface area (Å²) in [5.41, 5.74) is 0.614. The van der Waals surface area contributed by atoms with E-state index < -0.39 is 34.4 Å². The predicted octanol–water partition coefficient (Wildman–Crippen LogP) is 10.7. The number of halogens is 4. The number of phenols is 2. The van der Waals surface area contributed by atoms with Crippen molar-refractivity contribution in [1.82, 2.24) is 0 Å². The van der Waals surface area contributed by atoms with Gasteiger partial charge in [-0.05, 0) is 84.0 Å². The summed E-state index contributed by atoms with van der Waals surface area (Å²) >= 11 is 0. The van der Waals surface area contributed by atoms with Gasteiger partial charge in [0.05, 0.1) is 0 Å². The monoisotopic (exact) mass is 632 g/mol. The second-order valence-electron chi connectivity index (χ2n) is 13.7. The Hall–Kier alpha value is -4.46. The van der Waals surface area contributed by atoms with Crippen LogP contribution < -0.4 is 0 Å². The molecular weight excluding hydrogens is 592 g/mol. The SMILES string of the molecule is Cc1c(C)c(-c2c(C)c(C)c(N=Cc3cccc(C(C)(C)C)c3O)c(F)c2F)c(F)c(F)c1N=Cc1cccc(C(C)(C)C)c1O. The maximum atomic E-state index is 15.8. The van der Waals surface area contributed by atoms with Gasteiger partial charge in [0.2, 0.25) is 0 Å². The first kappa shape index (κ1) is 34.4. The van der Waals surface area contributed by atoms with Gasteiger partial charge in [0.1, 0.15) is 22.9 Å². The molecule has 0 aromatic heterocycles. The summed E-state index contributed by atoms with van der Waals surface area (Å²) in [6.45, 7) is 17.6. The van der Waals surface area contributed by atoms with Crippen LogP contribution in [0.15, 0.2) is 46.4 Å². The quantitative estimate of drug-likeness (QED) is 0.170. The number of aromatic hydroxyl groups is 2. The Balaban J connectivity index is 1.83. The molecule has 0 bridgehead atoms. The second kappa shape index (κ2) is 12.4. The van der Waals surface area contributed by atoms with Crippen LogP contribution in [0.25, 0.3) is 11.1 Å². The fourth-order valence-electron chi connectivity index (χ4n) is 5.53. The number of rotatable bonds is 5. The van der Waals surface area contributed by atoms with Crippen LogP contribution in [-0.2, 0) is 10.8 Å². The van der Waals surface area contributed by atoms with Gasteiger partial charge in [0.15, 0.2) is 23.3 Å². The molecule has 0 fully saturated rings.